The lowest BCUT2D eigenvalue weighted by Gasteiger charge is -2.13. The molecule has 1 aromatic heterocycles. The van der Waals surface area contributed by atoms with Crippen molar-refractivity contribution >= 4 is 27.3 Å². The first kappa shape index (κ1) is 15.7. The Kier molecular flexibility index (Phi) is 4.27. The summed E-state index contributed by atoms with van der Waals surface area (Å²) in [5.41, 5.74) is -0.487. The number of anilines is 2. The number of aromatic nitrogens is 1. The fourth-order valence-corrected chi connectivity index (χ4v) is 2.93. The summed E-state index contributed by atoms with van der Waals surface area (Å²) in [5.74, 6) is 0.645. The largest absolute Gasteiger partial charge is 0.363 e. The Labute approximate surface area is 127 Å². The monoisotopic (exact) mass is 322 g/mol. The Hall–Kier alpha value is -2.68. The van der Waals surface area contributed by atoms with Crippen molar-refractivity contribution < 1.29 is 13.3 Å². The third kappa shape index (κ3) is 3.31. The lowest BCUT2D eigenvalue weighted by Crippen LogP contribution is -2.17. The molecule has 116 valence electrons. The zero-order chi connectivity index (χ0) is 16.3. The Morgan fingerprint density at radius 3 is 2.45 bits per heavy atom. The molecule has 22 heavy (non-hydrogen) atoms. The predicted octanol–water partition coefficient (Wildman–Crippen LogP) is 1.86. The summed E-state index contributed by atoms with van der Waals surface area (Å²) >= 11 is 0. The number of rotatable bonds is 5. The zero-order valence-electron chi connectivity index (χ0n) is 11.9. The second-order valence-corrected chi connectivity index (χ2v) is 6.26. The summed E-state index contributed by atoms with van der Waals surface area (Å²) in [6, 6.07) is 9.96. The molecule has 0 aliphatic rings. The van der Waals surface area contributed by atoms with Crippen LogP contribution in [0.3, 0.4) is 0 Å². The molecule has 0 unspecified atom stereocenters. The second kappa shape index (κ2) is 5.98. The van der Waals surface area contributed by atoms with Gasteiger partial charge in [0.2, 0.25) is 0 Å². The quantitative estimate of drug-likeness (QED) is 0.665. The summed E-state index contributed by atoms with van der Waals surface area (Å²) < 4.78 is 26.9. The number of nitro benzene ring substituents is 1. The summed E-state index contributed by atoms with van der Waals surface area (Å²) in [5, 5.41) is 11.0. The van der Waals surface area contributed by atoms with Gasteiger partial charge in [0.05, 0.1) is 4.92 Å². The first-order valence-electron chi connectivity index (χ1n) is 6.22. The maximum Gasteiger partial charge on any atom is 0.289 e. The summed E-state index contributed by atoms with van der Waals surface area (Å²) in [6.07, 6.45) is 0. The van der Waals surface area contributed by atoms with Crippen LogP contribution in [0, 0.1) is 10.1 Å². The number of pyridine rings is 1. The van der Waals surface area contributed by atoms with Crippen molar-refractivity contribution in [2.75, 3.05) is 23.7 Å². The molecule has 1 aromatic carbocycles. The topological polar surface area (TPSA) is 105 Å². The molecule has 0 radical (unpaired) electrons. The van der Waals surface area contributed by atoms with E-state index in [1.54, 1.807) is 31.1 Å². The SMILES string of the molecule is CN(C)c1cccc(NS(=O)(=O)c2ccccc2[N+](=O)[O-])n1. The minimum Gasteiger partial charge on any atom is -0.363 e. The van der Waals surface area contributed by atoms with E-state index in [0.717, 1.165) is 6.07 Å². The highest BCUT2D eigenvalue weighted by Crippen LogP contribution is 2.25. The molecule has 0 saturated carbocycles. The molecule has 0 saturated heterocycles. The van der Waals surface area contributed by atoms with Gasteiger partial charge in [-0.05, 0) is 18.2 Å². The molecule has 0 fully saturated rings. The van der Waals surface area contributed by atoms with Crippen molar-refractivity contribution in [3.05, 3.63) is 52.6 Å². The number of hydrogen-bond donors (Lipinski definition) is 1. The average molecular weight is 322 g/mol. The lowest BCUT2D eigenvalue weighted by molar-refractivity contribution is -0.387. The fraction of sp³-hybridized carbons (Fsp3) is 0.154. The van der Waals surface area contributed by atoms with Gasteiger partial charge in [-0.25, -0.2) is 13.4 Å². The number of para-hydroxylation sites is 1. The van der Waals surface area contributed by atoms with E-state index in [9.17, 15) is 18.5 Å². The molecule has 9 heteroatoms. The molecule has 2 rings (SSSR count). The van der Waals surface area contributed by atoms with Crippen LogP contribution < -0.4 is 9.62 Å². The standard InChI is InChI=1S/C13H14N4O4S/c1-16(2)13-9-5-8-12(14-13)15-22(20,21)11-7-4-3-6-10(11)17(18)19/h3-9H,1-2H3,(H,14,15). The van der Waals surface area contributed by atoms with E-state index in [1.165, 1.54) is 24.3 Å². The van der Waals surface area contributed by atoms with E-state index in [0.29, 0.717) is 5.82 Å². The number of nitrogens with one attached hydrogen (secondary N) is 1. The van der Waals surface area contributed by atoms with Crippen LogP contribution in [0.5, 0.6) is 0 Å². The molecule has 2 aromatic rings. The van der Waals surface area contributed by atoms with Gasteiger partial charge in [-0.1, -0.05) is 18.2 Å². The van der Waals surface area contributed by atoms with Gasteiger partial charge in [-0.15, -0.1) is 0 Å². The van der Waals surface area contributed by atoms with Gasteiger partial charge in [0.25, 0.3) is 15.7 Å². The molecule has 8 nitrogen and oxygen atoms in total. The maximum atomic E-state index is 12.3. The molecule has 0 amide bonds. The Morgan fingerprint density at radius 2 is 1.82 bits per heavy atom. The molecule has 0 aliphatic carbocycles. The number of sulfonamides is 1. The lowest BCUT2D eigenvalue weighted by atomic mass is 10.3. The van der Waals surface area contributed by atoms with Crippen LogP contribution in [-0.2, 0) is 10.0 Å². The highest BCUT2D eigenvalue weighted by atomic mass is 32.2. The summed E-state index contributed by atoms with van der Waals surface area (Å²) in [6.45, 7) is 0. The van der Waals surface area contributed by atoms with Gasteiger partial charge in [-0.2, -0.15) is 0 Å². The first-order valence-corrected chi connectivity index (χ1v) is 7.70. The molecule has 1 N–H and O–H groups in total. The summed E-state index contributed by atoms with van der Waals surface area (Å²) in [7, 11) is -0.571. The van der Waals surface area contributed by atoms with E-state index in [1.807, 2.05) is 0 Å². The Bertz CT molecular complexity index is 805. The van der Waals surface area contributed by atoms with Crippen molar-refractivity contribution in [1.82, 2.24) is 4.98 Å². The third-order valence-corrected chi connectivity index (χ3v) is 4.19. The average Bonchev–Trinajstić information content (AvgIpc) is 2.47. The number of nitro groups is 1. The molecule has 0 atom stereocenters. The van der Waals surface area contributed by atoms with Gasteiger partial charge < -0.3 is 4.90 Å². The van der Waals surface area contributed by atoms with Crippen LogP contribution in [0.2, 0.25) is 0 Å². The first-order chi connectivity index (χ1) is 10.3. The van der Waals surface area contributed by atoms with Crippen molar-refractivity contribution in [3.63, 3.8) is 0 Å². The highest BCUT2D eigenvalue weighted by Gasteiger charge is 2.25. The van der Waals surface area contributed by atoms with Crippen molar-refractivity contribution in [3.8, 4) is 0 Å². The van der Waals surface area contributed by atoms with Crippen LogP contribution in [0.1, 0.15) is 0 Å². The van der Waals surface area contributed by atoms with Crippen molar-refractivity contribution in [2.24, 2.45) is 0 Å². The second-order valence-electron chi connectivity index (χ2n) is 4.61. The van der Waals surface area contributed by atoms with Crippen molar-refractivity contribution in [1.29, 1.82) is 0 Å². The van der Waals surface area contributed by atoms with Gasteiger partial charge in [0, 0.05) is 20.2 Å². The third-order valence-electron chi connectivity index (χ3n) is 2.78. The van der Waals surface area contributed by atoms with E-state index in [2.05, 4.69) is 9.71 Å². The predicted molar refractivity (Wildman–Crippen MR) is 82.5 cm³/mol. The number of benzene rings is 1. The highest BCUT2D eigenvalue weighted by molar-refractivity contribution is 7.92. The van der Waals surface area contributed by atoms with Crippen LogP contribution in [0.15, 0.2) is 47.4 Å². The maximum absolute atomic E-state index is 12.3. The van der Waals surface area contributed by atoms with E-state index in [-0.39, 0.29) is 5.82 Å². The van der Waals surface area contributed by atoms with E-state index >= 15 is 0 Å². The summed E-state index contributed by atoms with van der Waals surface area (Å²) in [4.78, 5) is 15.6. The molecule has 0 bridgehead atoms. The molecule has 1 heterocycles. The minimum absolute atomic E-state index is 0.0874. The zero-order valence-corrected chi connectivity index (χ0v) is 12.7. The van der Waals surface area contributed by atoms with Gasteiger partial charge in [0.1, 0.15) is 11.6 Å². The molecule has 0 spiro atoms. The van der Waals surface area contributed by atoms with Crippen LogP contribution in [0.4, 0.5) is 17.3 Å². The van der Waals surface area contributed by atoms with Crippen LogP contribution >= 0.6 is 0 Å². The van der Waals surface area contributed by atoms with Gasteiger partial charge in [-0.3, -0.25) is 14.8 Å². The number of hydrogen-bond acceptors (Lipinski definition) is 6. The Morgan fingerprint density at radius 1 is 1.14 bits per heavy atom. The minimum atomic E-state index is -4.10. The smallest absolute Gasteiger partial charge is 0.289 e. The molecule has 0 aliphatic heterocycles. The van der Waals surface area contributed by atoms with Crippen LogP contribution in [-0.4, -0.2) is 32.4 Å². The Balaban J connectivity index is 2.41. The molecular weight excluding hydrogens is 308 g/mol. The fourth-order valence-electron chi connectivity index (χ4n) is 1.76. The number of nitrogens with zero attached hydrogens (tertiary/aromatic N) is 3. The van der Waals surface area contributed by atoms with Gasteiger partial charge in [0.15, 0.2) is 4.90 Å². The van der Waals surface area contributed by atoms with E-state index < -0.39 is 25.5 Å². The normalized spacial score (nSPS) is 11.0. The van der Waals surface area contributed by atoms with Crippen molar-refractivity contribution in [2.45, 2.75) is 4.90 Å². The van der Waals surface area contributed by atoms with Crippen LogP contribution in [0.25, 0.3) is 0 Å². The van der Waals surface area contributed by atoms with E-state index in [4.69, 9.17) is 0 Å². The van der Waals surface area contributed by atoms with Gasteiger partial charge >= 0.3 is 0 Å². The molecular formula is C13H14N4O4S.